The number of hydrogen-bond donors (Lipinski definition) is 0. The van der Waals surface area contributed by atoms with Gasteiger partial charge in [0.1, 0.15) is 0 Å². The number of amides is 1. The largest absolute Gasteiger partial charge is 0.353 e. The van der Waals surface area contributed by atoms with Crippen LogP contribution in [0.4, 0.5) is 5.69 Å². The molecule has 0 aliphatic heterocycles. The average molecular weight is 256 g/mol. The lowest BCUT2D eigenvalue weighted by molar-refractivity contribution is -0.384. The molecule has 0 atom stereocenters. The number of nitrogens with zero attached hydrogens (tertiary/aromatic N) is 3. The van der Waals surface area contributed by atoms with Gasteiger partial charge in [-0.2, -0.15) is 4.99 Å². The number of amidine groups is 1. The van der Waals surface area contributed by atoms with E-state index in [2.05, 4.69) is 4.99 Å². The van der Waals surface area contributed by atoms with Crippen LogP contribution in [0.15, 0.2) is 29.3 Å². The van der Waals surface area contributed by atoms with Crippen molar-refractivity contribution in [2.45, 2.75) is 0 Å². The molecule has 1 aromatic rings. The molecule has 0 saturated heterocycles. The molecule has 0 aliphatic rings. The molecule has 1 amide bonds. The predicted octanol–water partition coefficient (Wildman–Crippen LogP) is 1.89. The molecule has 0 heterocycles. The van der Waals surface area contributed by atoms with E-state index in [-0.39, 0.29) is 16.5 Å². The predicted molar refractivity (Wildman–Crippen MR) is 64.4 cm³/mol. The molecule has 17 heavy (non-hydrogen) atoms. The fourth-order valence-corrected chi connectivity index (χ4v) is 1.05. The maximum atomic E-state index is 11.6. The van der Waals surface area contributed by atoms with Crippen molar-refractivity contribution >= 4 is 28.5 Å². The summed E-state index contributed by atoms with van der Waals surface area (Å²) in [6.07, 6.45) is 0. The summed E-state index contributed by atoms with van der Waals surface area (Å²) >= 11 is 5.69. The SMILES string of the molecule is CN(C)C(Cl)=NC(=O)c1ccc([N+](=O)[O-])cc1. The molecule has 6 nitrogen and oxygen atoms in total. The monoisotopic (exact) mass is 255 g/mol. The molecule has 7 heteroatoms. The molecular weight excluding hydrogens is 246 g/mol. The van der Waals surface area contributed by atoms with Crippen molar-refractivity contribution in [3.8, 4) is 0 Å². The Labute approximate surface area is 103 Å². The van der Waals surface area contributed by atoms with Gasteiger partial charge in [-0.15, -0.1) is 0 Å². The van der Waals surface area contributed by atoms with Crippen LogP contribution in [0.2, 0.25) is 0 Å². The molecular formula is C10H10ClN3O3. The van der Waals surface area contributed by atoms with Gasteiger partial charge in [0, 0.05) is 31.8 Å². The van der Waals surface area contributed by atoms with Gasteiger partial charge in [-0.1, -0.05) is 0 Å². The highest BCUT2D eigenvalue weighted by Crippen LogP contribution is 2.12. The minimum absolute atomic E-state index is 0.0494. The van der Waals surface area contributed by atoms with Gasteiger partial charge in [0.15, 0.2) is 0 Å². The van der Waals surface area contributed by atoms with E-state index in [9.17, 15) is 14.9 Å². The van der Waals surface area contributed by atoms with Crippen LogP contribution in [0.1, 0.15) is 10.4 Å². The number of non-ortho nitro benzene ring substituents is 1. The average Bonchev–Trinajstić information content (AvgIpc) is 2.28. The van der Waals surface area contributed by atoms with Crippen molar-refractivity contribution in [3.63, 3.8) is 0 Å². The maximum Gasteiger partial charge on any atom is 0.279 e. The van der Waals surface area contributed by atoms with E-state index in [1.807, 2.05) is 0 Å². The van der Waals surface area contributed by atoms with Crippen LogP contribution >= 0.6 is 11.6 Å². The number of nitro groups is 1. The van der Waals surface area contributed by atoms with Crippen molar-refractivity contribution in [1.82, 2.24) is 4.90 Å². The Balaban J connectivity index is 2.91. The zero-order chi connectivity index (χ0) is 13.0. The van der Waals surface area contributed by atoms with Crippen LogP contribution in [0.5, 0.6) is 0 Å². The lowest BCUT2D eigenvalue weighted by Gasteiger charge is -2.07. The van der Waals surface area contributed by atoms with Crippen LogP contribution in [-0.2, 0) is 0 Å². The molecule has 90 valence electrons. The lowest BCUT2D eigenvalue weighted by atomic mass is 10.2. The van der Waals surface area contributed by atoms with Gasteiger partial charge in [-0.05, 0) is 23.7 Å². The van der Waals surface area contributed by atoms with Crippen LogP contribution in [0.3, 0.4) is 0 Å². The van der Waals surface area contributed by atoms with Gasteiger partial charge >= 0.3 is 0 Å². The zero-order valence-electron chi connectivity index (χ0n) is 9.25. The molecule has 0 fully saturated rings. The molecule has 1 rings (SSSR count). The normalized spacial score (nSPS) is 11.1. The number of rotatable bonds is 2. The van der Waals surface area contributed by atoms with Crippen molar-refractivity contribution in [2.75, 3.05) is 14.1 Å². The molecule has 0 aliphatic carbocycles. The lowest BCUT2D eigenvalue weighted by Crippen LogP contribution is -2.17. The van der Waals surface area contributed by atoms with Crippen LogP contribution in [0, 0.1) is 10.1 Å². The zero-order valence-corrected chi connectivity index (χ0v) is 10.0. The highest BCUT2D eigenvalue weighted by molar-refractivity contribution is 6.65. The molecule has 0 saturated carbocycles. The first kappa shape index (κ1) is 13.1. The number of carbonyl (C=O) groups excluding carboxylic acids is 1. The summed E-state index contributed by atoms with van der Waals surface area (Å²) < 4.78 is 0. The summed E-state index contributed by atoms with van der Waals surface area (Å²) in [5.74, 6) is -0.543. The Morgan fingerprint density at radius 1 is 1.35 bits per heavy atom. The van der Waals surface area contributed by atoms with E-state index in [4.69, 9.17) is 11.6 Å². The molecule has 0 spiro atoms. The third kappa shape index (κ3) is 3.53. The smallest absolute Gasteiger partial charge is 0.279 e. The molecule has 0 N–H and O–H groups in total. The van der Waals surface area contributed by atoms with Crippen LogP contribution < -0.4 is 0 Å². The van der Waals surface area contributed by atoms with E-state index >= 15 is 0 Å². The third-order valence-electron chi connectivity index (χ3n) is 1.89. The fourth-order valence-electron chi connectivity index (χ4n) is 0.974. The van der Waals surface area contributed by atoms with Gasteiger partial charge in [0.05, 0.1) is 4.92 Å². The van der Waals surface area contributed by atoms with E-state index in [1.54, 1.807) is 14.1 Å². The molecule has 0 aromatic heterocycles. The molecule has 0 bridgehead atoms. The number of nitro benzene ring substituents is 1. The second-order valence-electron chi connectivity index (χ2n) is 3.38. The fraction of sp³-hybridized carbons (Fsp3) is 0.200. The first-order valence-corrected chi connectivity index (χ1v) is 5.00. The number of benzene rings is 1. The second kappa shape index (κ2) is 5.40. The molecule has 0 radical (unpaired) electrons. The van der Waals surface area contributed by atoms with Gasteiger partial charge in [0.2, 0.25) is 5.29 Å². The van der Waals surface area contributed by atoms with Crippen LogP contribution in [0.25, 0.3) is 0 Å². The number of hydrogen-bond acceptors (Lipinski definition) is 3. The topological polar surface area (TPSA) is 75.8 Å². The van der Waals surface area contributed by atoms with E-state index in [0.717, 1.165) is 0 Å². The summed E-state index contributed by atoms with van der Waals surface area (Å²) in [6, 6.07) is 5.16. The second-order valence-corrected chi connectivity index (χ2v) is 3.72. The highest BCUT2D eigenvalue weighted by Gasteiger charge is 2.09. The van der Waals surface area contributed by atoms with E-state index in [1.165, 1.54) is 29.2 Å². The quantitative estimate of drug-likeness (QED) is 0.266. The Bertz CT molecular complexity index is 468. The van der Waals surface area contributed by atoms with Gasteiger partial charge in [0.25, 0.3) is 11.6 Å². The molecule has 1 aromatic carbocycles. The maximum absolute atomic E-state index is 11.6. The van der Waals surface area contributed by atoms with Gasteiger partial charge < -0.3 is 4.90 Å². The van der Waals surface area contributed by atoms with E-state index in [0.29, 0.717) is 0 Å². The third-order valence-corrected chi connectivity index (χ3v) is 2.31. The Hall–Kier alpha value is -1.95. The van der Waals surface area contributed by atoms with Crippen LogP contribution in [-0.4, -0.2) is 35.1 Å². The van der Waals surface area contributed by atoms with Crippen molar-refractivity contribution in [3.05, 3.63) is 39.9 Å². The molecule has 0 unspecified atom stereocenters. The first-order valence-electron chi connectivity index (χ1n) is 4.62. The van der Waals surface area contributed by atoms with Gasteiger partial charge in [-0.25, -0.2) is 0 Å². The standard InChI is InChI=1S/C10H10ClN3O3/c1-13(2)10(11)12-9(15)7-3-5-8(6-4-7)14(16)17/h3-6H,1-2H3. The Kier molecular flexibility index (Phi) is 4.17. The summed E-state index contributed by atoms with van der Waals surface area (Å²) in [6.45, 7) is 0. The van der Waals surface area contributed by atoms with Gasteiger partial charge in [-0.3, -0.25) is 14.9 Å². The van der Waals surface area contributed by atoms with E-state index < -0.39 is 10.8 Å². The van der Waals surface area contributed by atoms with Crippen molar-refractivity contribution in [2.24, 2.45) is 4.99 Å². The summed E-state index contributed by atoms with van der Waals surface area (Å²) in [4.78, 5) is 26.5. The summed E-state index contributed by atoms with van der Waals surface area (Å²) in [5, 5.41) is 10.5. The van der Waals surface area contributed by atoms with Crippen molar-refractivity contribution < 1.29 is 9.72 Å². The Morgan fingerprint density at radius 2 is 1.88 bits per heavy atom. The highest BCUT2D eigenvalue weighted by atomic mass is 35.5. The minimum Gasteiger partial charge on any atom is -0.353 e. The first-order chi connectivity index (χ1) is 7.91. The minimum atomic E-state index is -0.543. The Morgan fingerprint density at radius 3 is 2.29 bits per heavy atom. The number of aliphatic imine (C=N–C) groups is 1. The van der Waals surface area contributed by atoms with Crippen molar-refractivity contribution in [1.29, 1.82) is 0 Å². The summed E-state index contributed by atoms with van der Waals surface area (Å²) in [5.41, 5.74) is 0.167. The summed E-state index contributed by atoms with van der Waals surface area (Å²) in [7, 11) is 3.30. The number of halogens is 1. The number of carbonyl (C=O) groups is 1.